The number of hydrogen-bond acceptors (Lipinski definition) is 4. The van der Waals surface area contributed by atoms with E-state index in [1.54, 1.807) is 18.2 Å². The van der Waals surface area contributed by atoms with E-state index in [1.807, 2.05) is 6.07 Å². The smallest absolute Gasteiger partial charge is 0.224 e. The standard InChI is InChI=1S/C13H17N3O2/c1-18-11-6-4-5-10(9-15)13(11)16-12(17)7-2-3-8-14/h4-6H,2-3,7-8,14H2,1H3,(H,16,17). The van der Waals surface area contributed by atoms with Crippen LogP contribution in [0.2, 0.25) is 0 Å². The second-order valence-corrected chi connectivity index (χ2v) is 3.79. The van der Waals surface area contributed by atoms with Crippen molar-refractivity contribution < 1.29 is 9.53 Å². The highest BCUT2D eigenvalue weighted by Gasteiger charge is 2.11. The van der Waals surface area contributed by atoms with E-state index in [-0.39, 0.29) is 5.91 Å². The Morgan fingerprint density at radius 1 is 1.50 bits per heavy atom. The fourth-order valence-electron chi connectivity index (χ4n) is 1.56. The number of carbonyl (C=O) groups excluding carboxylic acids is 1. The Labute approximate surface area is 107 Å². The number of methoxy groups -OCH3 is 1. The highest BCUT2D eigenvalue weighted by molar-refractivity contribution is 5.93. The van der Waals surface area contributed by atoms with Crippen LogP contribution < -0.4 is 15.8 Å². The molecule has 0 aliphatic carbocycles. The molecular formula is C13H17N3O2. The van der Waals surface area contributed by atoms with Gasteiger partial charge in [0, 0.05) is 6.42 Å². The molecular weight excluding hydrogens is 230 g/mol. The van der Waals surface area contributed by atoms with E-state index in [4.69, 9.17) is 15.7 Å². The molecule has 3 N–H and O–H groups in total. The molecule has 5 nitrogen and oxygen atoms in total. The van der Waals surface area contributed by atoms with Crippen molar-refractivity contribution in [3.8, 4) is 11.8 Å². The Morgan fingerprint density at radius 2 is 2.28 bits per heavy atom. The summed E-state index contributed by atoms with van der Waals surface area (Å²) in [5.74, 6) is 0.352. The fraction of sp³-hybridized carbons (Fsp3) is 0.385. The maximum atomic E-state index is 11.7. The number of ether oxygens (including phenoxy) is 1. The third-order valence-corrected chi connectivity index (χ3v) is 2.49. The van der Waals surface area contributed by atoms with Crippen molar-refractivity contribution in [1.82, 2.24) is 0 Å². The summed E-state index contributed by atoms with van der Waals surface area (Å²) >= 11 is 0. The van der Waals surface area contributed by atoms with E-state index in [9.17, 15) is 4.79 Å². The van der Waals surface area contributed by atoms with Crippen molar-refractivity contribution in [2.75, 3.05) is 19.0 Å². The van der Waals surface area contributed by atoms with Gasteiger partial charge in [0.15, 0.2) is 0 Å². The summed E-state index contributed by atoms with van der Waals surface area (Å²) in [4.78, 5) is 11.7. The van der Waals surface area contributed by atoms with Crippen LogP contribution in [-0.4, -0.2) is 19.6 Å². The van der Waals surface area contributed by atoms with Crippen molar-refractivity contribution in [2.45, 2.75) is 19.3 Å². The lowest BCUT2D eigenvalue weighted by Crippen LogP contribution is -2.13. The Hall–Kier alpha value is -2.06. The molecule has 0 bridgehead atoms. The number of carbonyl (C=O) groups is 1. The lowest BCUT2D eigenvalue weighted by molar-refractivity contribution is -0.116. The fourth-order valence-corrected chi connectivity index (χ4v) is 1.56. The highest BCUT2D eigenvalue weighted by Crippen LogP contribution is 2.27. The van der Waals surface area contributed by atoms with Crippen molar-refractivity contribution in [3.63, 3.8) is 0 Å². The van der Waals surface area contributed by atoms with Crippen LogP contribution in [0.5, 0.6) is 5.75 Å². The summed E-state index contributed by atoms with van der Waals surface area (Å²) in [6.45, 7) is 0.575. The van der Waals surface area contributed by atoms with Gasteiger partial charge >= 0.3 is 0 Å². The first-order valence-corrected chi connectivity index (χ1v) is 5.80. The first-order chi connectivity index (χ1) is 8.72. The van der Waals surface area contributed by atoms with Crippen LogP contribution in [0.25, 0.3) is 0 Å². The predicted molar refractivity (Wildman–Crippen MR) is 69.2 cm³/mol. The highest BCUT2D eigenvalue weighted by atomic mass is 16.5. The minimum Gasteiger partial charge on any atom is -0.495 e. The summed E-state index contributed by atoms with van der Waals surface area (Å²) in [5.41, 5.74) is 6.18. The zero-order chi connectivity index (χ0) is 13.4. The largest absolute Gasteiger partial charge is 0.495 e. The van der Waals surface area contributed by atoms with Crippen LogP contribution in [0.15, 0.2) is 18.2 Å². The van der Waals surface area contributed by atoms with Gasteiger partial charge in [-0.1, -0.05) is 6.07 Å². The average Bonchev–Trinajstić information content (AvgIpc) is 2.39. The van der Waals surface area contributed by atoms with Crippen LogP contribution in [0.4, 0.5) is 5.69 Å². The van der Waals surface area contributed by atoms with Gasteiger partial charge in [0.1, 0.15) is 17.5 Å². The molecule has 1 aromatic carbocycles. The lowest BCUT2D eigenvalue weighted by Gasteiger charge is -2.11. The van der Waals surface area contributed by atoms with Gasteiger partial charge in [0.25, 0.3) is 0 Å². The Morgan fingerprint density at radius 3 is 2.89 bits per heavy atom. The Kier molecular flexibility index (Phi) is 5.68. The van der Waals surface area contributed by atoms with Crippen molar-refractivity contribution >= 4 is 11.6 Å². The number of nitrogens with one attached hydrogen (secondary N) is 1. The number of benzene rings is 1. The van der Waals surface area contributed by atoms with E-state index in [0.29, 0.717) is 30.0 Å². The quantitative estimate of drug-likeness (QED) is 0.748. The van der Waals surface area contributed by atoms with Crippen LogP contribution in [0.1, 0.15) is 24.8 Å². The summed E-state index contributed by atoms with van der Waals surface area (Å²) in [5, 5.41) is 11.7. The van der Waals surface area contributed by atoms with Crippen LogP contribution in [0.3, 0.4) is 0 Å². The van der Waals surface area contributed by atoms with E-state index in [2.05, 4.69) is 5.32 Å². The van der Waals surface area contributed by atoms with Gasteiger partial charge in [0.2, 0.25) is 5.91 Å². The molecule has 1 amide bonds. The third kappa shape index (κ3) is 3.75. The van der Waals surface area contributed by atoms with Gasteiger partial charge < -0.3 is 15.8 Å². The number of unbranched alkanes of at least 4 members (excludes halogenated alkanes) is 1. The number of nitrogens with zero attached hydrogens (tertiary/aromatic N) is 1. The topological polar surface area (TPSA) is 88.1 Å². The molecule has 0 radical (unpaired) electrons. The molecule has 0 fully saturated rings. The van der Waals surface area contributed by atoms with Crippen LogP contribution in [0, 0.1) is 11.3 Å². The number of rotatable bonds is 6. The van der Waals surface area contributed by atoms with Gasteiger partial charge in [0.05, 0.1) is 12.7 Å². The Bertz CT molecular complexity index is 452. The van der Waals surface area contributed by atoms with Crippen LogP contribution >= 0.6 is 0 Å². The summed E-state index contributed by atoms with van der Waals surface area (Å²) in [7, 11) is 1.50. The number of para-hydroxylation sites is 1. The number of amides is 1. The molecule has 0 saturated heterocycles. The summed E-state index contributed by atoms with van der Waals surface area (Å²) in [6, 6.07) is 7.08. The molecule has 0 heterocycles. The molecule has 0 aromatic heterocycles. The zero-order valence-corrected chi connectivity index (χ0v) is 10.4. The Balaban J connectivity index is 2.77. The molecule has 0 spiro atoms. The maximum Gasteiger partial charge on any atom is 0.224 e. The van der Waals surface area contributed by atoms with Gasteiger partial charge in [-0.25, -0.2) is 0 Å². The minimum absolute atomic E-state index is 0.135. The van der Waals surface area contributed by atoms with Gasteiger partial charge in [-0.3, -0.25) is 4.79 Å². The molecule has 0 aliphatic rings. The number of anilines is 1. The third-order valence-electron chi connectivity index (χ3n) is 2.49. The van der Waals surface area contributed by atoms with Crippen molar-refractivity contribution in [2.24, 2.45) is 5.73 Å². The molecule has 0 aliphatic heterocycles. The molecule has 5 heteroatoms. The average molecular weight is 247 g/mol. The van der Waals surface area contributed by atoms with Gasteiger partial charge in [-0.05, 0) is 31.5 Å². The molecule has 1 aromatic rings. The number of nitrogens with two attached hydrogens (primary N) is 1. The van der Waals surface area contributed by atoms with Crippen LogP contribution in [-0.2, 0) is 4.79 Å². The monoisotopic (exact) mass is 247 g/mol. The molecule has 0 atom stereocenters. The number of hydrogen-bond donors (Lipinski definition) is 2. The van der Waals surface area contributed by atoms with Crippen molar-refractivity contribution in [3.05, 3.63) is 23.8 Å². The van der Waals surface area contributed by atoms with E-state index < -0.39 is 0 Å². The first-order valence-electron chi connectivity index (χ1n) is 5.80. The van der Waals surface area contributed by atoms with E-state index in [1.165, 1.54) is 7.11 Å². The molecule has 18 heavy (non-hydrogen) atoms. The number of nitriles is 1. The van der Waals surface area contributed by atoms with Gasteiger partial charge in [-0.2, -0.15) is 5.26 Å². The summed E-state index contributed by atoms with van der Waals surface area (Å²) < 4.78 is 5.13. The van der Waals surface area contributed by atoms with E-state index in [0.717, 1.165) is 12.8 Å². The summed E-state index contributed by atoms with van der Waals surface area (Å²) in [6.07, 6.45) is 1.93. The maximum absolute atomic E-state index is 11.7. The molecule has 0 unspecified atom stereocenters. The lowest BCUT2D eigenvalue weighted by atomic mass is 10.1. The SMILES string of the molecule is COc1cccc(C#N)c1NC(=O)CCCCN. The predicted octanol–water partition coefficient (Wildman–Crippen LogP) is 1.63. The van der Waals surface area contributed by atoms with Crippen molar-refractivity contribution in [1.29, 1.82) is 5.26 Å². The van der Waals surface area contributed by atoms with Gasteiger partial charge in [-0.15, -0.1) is 0 Å². The second kappa shape index (κ2) is 7.30. The second-order valence-electron chi connectivity index (χ2n) is 3.79. The zero-order valence-electron chi connectivity index (χ0n) is 10.4. The molecule has 0 saturated carbocycles. The van der Waals surface area contributed by atoms with E-state index >= 15 is 0 Å². The molecule has 1 rings (SSSR count). The minimum atomic E-state index is -0.135. The first kappa shape index (κ1) is 14.0. The normalized spacial score (nSPS) is 9.61. The molecule has 96 valence electrons.